The van der Waals surface area contributed by atoms with Gasteiger partial charge in [0.05, 0.1) is 38.1 Å². The van der Waals surface area contributed by atoms with E-state index in [4.69, 9.17) is 40.8 Å². The third-order valence-corrected chi connectivity index (χ3v) is 4.78. The Morgan fingerprint density at radius 2 is 1.24 bits per heavy atom. The van der Waals surface area contributed by atoms with Gasteiger partial charge in [-0.05, 0) is 0 Å². The number of carboxylic acids is 2. The van der Waals surface area contributed by atoms with E-state index in [1.54, 1.807) is 0 Å². The molecule has 0 bridgehead atoms. The van der Waals surface area contributed by atoms with Crippen LogP contribution in [-0.4, -0.2) is 72.0 Å². The zero-order valence-electron chi connectivity index (χ0n) is 15.4. The van der Waals surface area contributed by atoms with Crippen molar-refractivity contribution in [3.63, 3.8) is 0 Å². The largest absolute Gasteiger partial charge is 0.481 e. The quantitative estimate of drug-likeness (QED) is 0.101. The van der Waals surface area contributed by atoms with E-state index >= 15 is 0 Å². The van der Waals surface area contributed by atoms with Crippen molar-refractivity contribution < 1.29 is 48.3 Å². The molecule has 2 fully saturated rings. The average molecular weight is 420 g/mol. The average Bonchev–Trinajstić information content (AvgIpc) is 2.71. The highest BCUT2D eigenvalue weighted by Gasteiger charge is 2.68. The van der Waals surface area contributed by atoms with Crippen LogP contribution in [0.2, 0.25) is 0 Å². The van der Waals surface area contributed by atoms with Crippen LogP contribution in [0.3, 0.4) is 0 Å². The Hall–Kier alpha value is -2.36. The first-order valence-corrected chi connectivity index (χ1v) is 8.69. The summed E-state index contributed by atoms with van der Waals surface area (Å²) in [5, 5.41) is 17.6. The summed E-state index contributed by atoms with van der Waals surface area (Å²) in [6, 6.07) is 0. The molecule has 0 aromatic heterocycles. The summed E-state index contributed by atoms with van der Waals surface area (Å²) in [6.45, 7) is -0.822. The number of nitrogens with one attached hydrogen (secondary N) is 2. The Labute approximate surface area is 164 Å². The maximum absolute atomic E-state index is 12.7. The first-order chi connectivity index (χ1) is 13.7. The molecule has 2 aliphatic heterocycles. The van der Waals surface area contributed by atoms with Crippen molar-refractivity contribution >= 4 is 23.8 Å². The first kappa shape index (κ1) is 22.9. The summed E-state index contributed by atoms with van der Waals surface area (Å²) in [5.41, 5.74) is -0.136. The van der Waals surface area contributed by atoms with Gasteiger partial charge < -0.3 is 29.2 Å². The number of aliphatic carboxylic acids is 2. The molecule has 0 aromatic carbocycles. The number of nitrogens with two attached hydrogens (primary N) is 2. The van der Waals surface area contributed by atoms with Gasteiger partial charge in [-0.2, -0.15) is 0 Å². The van der Waals surface area contributed by atoms with E-state index in [1.165, 1.54) is 0 Å². The summed E-state index contributed by atoms with van der Waals surface area (Å²) in [5.74, 6) is 6.25. The monoisotopic (exact) mass is 420 g/mol. The van der Waals surface area contributed by atoms with Crippen LogP contribution in [0, 0.1) is 5.41 Å². The van der Waals surface area contributed by atoms with Crippen LogP contribution in [0.5, 0.6) is 0 Å². The highest BCUT2D eigenvalue weighted by molar-refractivity contribution is 6.09. The maximum Gasteiger partial charge on any atom is 0.303 e. The molecule has 1 unspecified atom stereocenters. The van der Waals surface area contributed by atoms with Crippen LogP contribution < -0.4 is 22.5 Å². The second kappa shape index (κ2) is 9.43. The smallest absolute Gasteiger partial charge is 0.303 e. The standard InChI is InChI=1S/C15H24N4O10/c16-18-12(24)15(13(25)19-17)14(7-28-11(29-15)4-2-9(22)23)5-26-10(27-6-14)3-1-8(20)21/h10-11H,1-7,16-17H2,(H,18,24)(H,19,25)(H,20,21)(H,22,23). The van der Waals surface area contributed by atoms with Crippen LogP contribution in [-0.2, 0) is 38.1 Å². The number of carbonyl (C=O) groups is 4. The van der Waals surface area contributed by atoms with E-state index in [2.05, 4.69) is 0 Å². The predicted molar refractivity (Wildman–Crippen MR) is 90.1 cm³/mol. The minimum Gasteiger partial charge on any atom is -0.481 e. The Bertz CT molecular complexity index is 625. The highest BCUT2D eigenvalue weighted by atomic mass is 16.7. The fraction of sp³-hybridized carbons (Fsp3) is 0.733. The van der Waals surface area contributed by atoms with Crippen molar-refractivity contribution in [1.82, 2.24) is 10.9 Å². The van der Waals surface area contributed by atoms with E-state index < -0.39 is 47.3 Å². The van der Waals surface area contributed by atoms with Gasteiger partial charge in [-0.15, -0.1) is 0 Å². The van der Waals surface area contributed by atoms with E-state index in [1.807, 2.05) is 10.9 Å². The van der Waals surface area contributed by atoms with Gasteiger partial charge in [0, 0.05) is 12.8 Å². The minimum atomic E-state index is -2.34. The highest BCUT2D eigenvalue weighted by Crippen LogP contribution is 2.45. The predicted octanol–water partition coefficient (Wildman–Crippen LogP) is -2.83. The fourth-order valence-corrected chi connectivity index (χ4v) is 3.28. The number of rotatable bonds is 8. The van der Waals surface area contributed by atoms with Crippen LogP contribution in [0.4, 0.5) is 0 Å². The van der Waals surface area contributed by atoms with Gasteiger partial charge in [0.25, 0.3) is 11.8 Å². The fourth-order valence-electron chi connectivity index (χ4n) is 3.28. The zero-order valence-corrected chi connectivity index (χ0v) is 15.4. The molecule has 0 radical (unpaired) electrons. The van der Waals surface area contributed by atoms with E-state index in [9.17, 15) is 19.2 Å². The van der Waals surface area contributed by atoms with Gasteiger partial charge in [-0.1, -0.05) is 0 Å². The van der Waals surface area contributed by atoms with Crippen molar-refractivity contribution in [3.05, 3.63) is 0 Å². The molecule has 0 saturated carbocycles. The molecule has 1 atom stereocenters. The summed E-state index contributed by atoms with van der Waals surface area (Å²) in [6.07, 6.45) is -2.73. The second-order valence-electron chi connectivity index (χ2n) is 6.68. The van der Waals surface area contributed by atoms with Crippen molar-refractivity contribution in [2.24, 2.45) is 17.1 Å². The molecule has 2 aliphatic rings. The first-order valence-electron chi connectivity index (χ1n) is 8.69. The molecule has 2 amide bonds. The van der Waals surface area contributed by atoms with Crippen molar-refractivity contribution in [2.75, 3.05) is 19.8 Å². The molecule has 14 heteroatoms. The number of hydrogen-bond donors (Lipinski definition) is 6. The molecule has 164 valence electrons. The second-order valence-corrected chi connectivity index (χ2v) is 6.68. The van der Waals surface area contributed by atoms with Crippen LogP contribution >= 0.6 is 0 Å². The van der Waals surface area contributed by atoms with Gasteiger partial charge in [0.2, 0.25) is 5.60 Å². The lowest BCUT2D eigenvalue weighted by Gasteiger charge is -2.53. The summed E-state index contributed by atoms with van der Waals surface area (Å²) in [4.78, 5) is 47.0. The lowest BCUT2D eigenvalue weighted by molar-refractivity contribution is -0.345. The summed E-state index contributed by atoms with van der Waals surface area (Å²) < 4.78 is 22.2. The Kier molecular flexibility index (Phi) is 7.45. The molecule has 2 heterocycles. The molecule has 0 aromatic rings. The topological polar surface area (TPSA) is 222 Å². The minimum absolute atomic E-state index is 0.0491. The van der Waals surface area contributed by atoms with Gasteiger partial charge in [0.15, 0.2) is 12.6 Å². The summed E-state index contributed by atoms with van der Waals surface area (Å²) in [7, 11) is 0. The van der Waals surface area contributed by atoms with Crippen molar-refractivity contribution in [3.8, 4) is 0 Å². The van der Waals surface area contributed by atoms with Crippen LogP contribution in [0.25, 0.3) is 0 Å². The Balaban J connectivity index is 2.29. The Morgan fingerprint density at radius 3 is 1.66 bits per heavy atom. The van der Waals surface area contributed by atoms with Gasteiger partial charge in [-0.25, -0.2) is 11.7 Å². The normalized spacial score (nSPS) is 28.5. The molecular weight excluding hydrogens is 396 g/mol. The lowest BCUT2D eigenvalue weighted by atomic mass is 9.70. The third kappa shape index (κ3) is 4.63. The van der Waals surface area contributed by atoms with Crippen molar-refractivity contribution in [1.29, 1.82) is 0 Å². The molecule has 0 aliphatic carbocycles. The number of hydrogen-bond acceptors (Lipinski definition) is 10. The maximum atomic E-state index is 12.7. The van der Waals surface area contributed by atoms with E-state index in [0.29, 0.717) is 0 Å². The van der Waals surface area contributed by atoms with Gasteiger partial charge in [0.1, 0.15) is 0 Å². The Morgan fingerprint density at radius 1 is 0.828 bits per heavy atom. The number of amides is 2. The number of hydrazine groups is 2. The molecule has 1 spiro atoms. The molecule has 2 saturated heterocycles. The van der Waals surface area contributed by atoms with E-state index in [0.717, 1.165) is 0 Å². The number of ether oxygens (including phenoxy) is 4. The molecule has 8 N–H and O–H groups in total. The molecule has 29 heavy (non-hydrogen) atoms. The molecule has 14 nitrogen and oxygen atoms in total. The zero-order chi connectivity index (χ0) is 21.7. The molecule has 2 rings (SSSR count). The SMILES string of the molecule is NNC(=O)C1(C(=O)NN)OC(CCC(=O)O)OCC12COC(CCC(=O)O)OC2. The van der Waals surface area contributed by atoms with Crippen LogP contribution in [0.15, 0.2) is 0 Å². The number of carboxylic acid groups (broad SMARTS) is 2. The van der Waals surface area contributed by atoms with E-state index in [-0.39, 0.29) is 45.5 Å². The third-order valence-electron chi connectivity index (χ3n) is 4.78. The van der Waals surface area contributed by atoms with Crippen LogP contribution in [0.1, 0.15) is 25.7 Å². The lowest BCUT2D eigenvalue weighted by Crippen LogP contribution is -2.76. The van der Waals surface area contributed by atoms with Crippen molar-refractivity contribution in [2.45, 2.75) is 43.9 Å². The number of carbonyl (C=O) groups excluding carboxylic acids is 2. The van der Waals surface area contributed by atoms with Gasteiger partial charge >= 0.3 is 11.9 Å². The molecular formula is C15H24N4O10. The summed E-state index contributed by atoms with van der Waals surface area (Å²) >= 11 is 0. The van der Waals surface area contributed by atoms with Gasteiger partial charge in [-0.3, -0.25) is 30.0 Å².